The average Bonchev–Trinajstić information content (AvgIpc) is 3.18. The lowest BCUT2D eigenvalue weighted by Gasteiger charge is -2.32. The highest BCUT2D eigenvalue weighted by molar-refractivity contribution is 6.31. The van der Waals surface area contributed by atoms with Gasteiger partial charge in [-0.2, -0.15) is 0 Å². The van der Waals surface area contributed by atoms with E-state index in [2.05, 4.69) is 52.0 Å². The molecule has 7 heteroatoms. The second kappa shape index (κ2) is 9.04. The van der Waals surface area contributed by atoms with Crippen LogP contribution in [0, 0.1) is 0 Å². The Labute approximate surface area is 193 Å². The average molecular weight is 453 g/mol. The number of benzene rings is 2. The molecular weight excluding hydrogens is 424 g/mol. The summed E-state index contributed by atoms with van der Waals surface area (Å²) in [5.41, 5.74) is 6.09. The number of nitrogens with zero attached hydrogens (tertiary/aromatic N) is 1. The Morgan fingerprint density at radius 3 is 2.72 bits per heavy atom. The summed E-state index contributed by atoms with van der Waals surface area (Å²) in [6.07, 6.45) is 2.64. The third-order valence-corrected chi connectivity index (χ3v) is 6.78. The largest absolute Gasteiger partial charge is 0.450 e. The molecule has 5 rings (SSSR count). The number of aromatic amines is 1. The number of carbonyl (C=O) groups is 1. The second-order valence-corrected chi connectivity index (χ2v) is 9.01. The van der Waals surface area contributed by atoms with Gasteiger partial charge in [0.25, 0.3) is 0 Å². The first-order valence-electron chi connectivity index (χ1n) is 11.4. The summed E-state index contributed by atoms with van der Waals surface area (Å²) in [5, 5.41) is 9.29. The molecular formula is C25H29ClN4O2. The number of aromatic nitrogens is 1. The maximum Gasteiger partial charge on any atom is 0.409 e. The van der Waals surface area contributed by atoms with Gasteiger partial charge in [0.05, 0.1) is 12.6 Å². The number of fused-ring (bicyclic) bond motifs is 3. The van der Waals surface area contributed by atoms with E-state index in [-0.39, 0.29) is 12.1 Å². The molecule has 0 radical (unpaired) electrons. The molecule has 0 saturated carbocycles. The van der Waals surface area contributed by atoms with E-state index in [9.17, 15) is 4.79 Å². The molecule has 3 aromatic rings. The maximum absolute atomic E-state index is 11.9. The van der Waals surface area contributed by atoms with Crippen LogP contribution in [0.4, 0.5) is 10.5 Å². The number of halogens is 1. The molecule has 168 valence electrons. The van der Waals surface area contributed by atoms with Crippen molar-refractivity contribution in [3.63, 3.8) is 0 Å². The SMILES string of the molecule is CCOC(=O)N1CCC(Nc2ccc(C3NCCc4c3[nH]c3ccc(Cl)cc43)cc2)CC1. The predicted molar refractivity (Wildman–Crippen MR) is 129 cm³/mol. The van der Waals surface area contributed by atoms with Crippen LogP contribution in [-0.4, -0.2) is 48.3 Å². The van der Waals surface area contributed by atoms with Crippen LogP contribution in [0.5, 0.6) is 0 Å². The Balaban J connectivity index is 1.26. The number of piperidine rings is 1. The van der Waals surface area contributed by atoms with Crippen LogP contribution < -0.4 is 10.6 Å². The fraction of sp³-hybridized carbons (Fsp3) is 0.400. The zero-order valence-electron chi connectivity index (χ0n) is 18.3. The van der Waals surface area contributed by atoms with Gasteiger partial charge in [-0.1, -0.05) is 23.7 Å². The lowest BCUT2D eigenvalue weighted by Crippen LogP contribution is -2.42. The smallest absolute Gasteiger partial charge is 0.409 e. The van der Waals surface area contributed by atoms with Crippen LogP contribution in [0.1, 0.15) is 42.6 Å². The first-order chi connectivity index (χ1) is 15.6. The summed E-state index contributed by atoms with van der Waals surface area (Å²) in [7, 11) is 0. The van der Waals surface area contributed by atoms with Crippen molar-refractivity contribution in [2.24, 2.45) is 0 Å². The minimum atomic E-state index is -0.200. The molecule has 0 aliphatic carbocycles. The van der Waals surface area contributed by atoms with Crippen LogP contribution in [0.15, 0.2) is 42.5 Å². The van der Waals surface area contributed by atoms with Gasteiger partial charge in [-0.05, 0) is 67.6 Å². The normalized spacial score (nSPS) is 19.1. The zero-order valence-corrected chi connectivity index (χ0v) is 19.0. The first-order valence-corrected chi connectivity index (χ1v) is 11.8. The topological polar surface area (TPSA) is 69.4 Å². The van der Waals surface area contributed by atoms with Crippen molar-refractivity contribution in [1.82, 2.24) is 15.2 Å². The summed E-state index contributed by atoms with van der Waals surface area (Å²) in [6, 6.07) is 15.3. The Bertz CT molecular complexity index is 1100. The number of amides is 1. The Hall–Kier alpha value is -2.70. The highest BCUT2D eigenvalue weighted by Gasteiger charge is 2.26. The molecule has 1 amide bonds. The molecule has 1 saturated heterocycles. The van der Waals surface area contributed by atoms with Gasteiger partial charge in [-0.25, -0.2) is 4.79 Å². The van der Waals surface area contributed by atoms with Gasteiger partial charge in [0, 0.05) is 53.0 Å². The number of H-pyrrole nitrogens is 1. The minimum Gasteiger partial charge on any atom is -0.450 e. The Morgan fingerprint density at radius 1 is 1.19 bits per heavy atom. The number of likely N-dealkylation sites (tertiary alicyclic amines) is 1. The van der Waals surface area contributed by atoms with Gasteiger partial charge in [0.2, 0.25) is 0 Å². The van der Waals surface area contributed by atoms with Crippen LogP contribution >= 0.6 is 11.6 Å². The van der Waals surface area contributed by atoms with Crippen molar-refractivity contribution in [2.75, 3.05) is 31.6 Å². The highest BCUT2D eigenvalue weighted by atomic mass is 35.5. The van der Waals surface area contributed by atoms with E-state index in [0.717, 1.165) is 55.1 Å². The fourth-order valence-corrected chi connectivity index (χ4v) is 5.09. The van der Waals surface area contributed by atoms with E-state index >= 15 is 0 Å². The van der Waals surface area contributed by atoms with Crippen LogP contribution in [0.2, 0.25) is 5.02 Å². The minimum absolute atomic E-state index is 0.145. The quantitative estimate of drug-likeness (QED) is 0.515. The number of hydrogen-bond acceptors (Lipinski definition) is 4. The van der Waals surface area contributed by atoms with Crippen LogP contribution in [0.3, 0.4) is 0 Å². The number of hydrogen-bond donors (Lipinski definition) is 3. The van der Waals surface area contributed by atoms with Crippen molar-refractivity contribution in [2.45, 2.75) is 38.3 Å². The standard InChI is InChI=1S/C25H29ClN4O2/c1-2-32-25(31)30-13-10-19(11-14-30)28-18-6-3-16(4-7-18)23-24-20(9-12-27-23)21-15-17(26)5-8-22(21)29-24/h3-8,15,19,23,27-29H,2,9-14H2,1H3. The summed E-state index contributed by atoms with van der Waals surface area (Å²) < 4.78 is 5.11. The Morgan fingerprint density at radius 2 is 1.97 bits per heavy atom. The lowest BCUT2D eigenvalue weighted by molar-refractivity contribution is 0.0983. The molecule has 3 heterocycles. The third kappa shape index (κ3) is 4.17. The monoisotopic (exact) mass is 452 g/mol. The van der Waals surface area contributed by atoms with Gasteiger partial charge in [0.15, 0.2) is 0 Å². The van der Waals surface area contributed by atoms with Gasteiger partial charge < -0.3 is 25.3 Å². The van der Waals surface area contributed by atoms with Gasteiger partial charge in [-0.15, -0.1) is 0 Å². The first kappa shape index (κ1) is 21.2. The molecule has 2 aromatic carbocycles. The molecule has 1 aromatic heterocycles. The third-order valence-electron chi connectivity index (χ3n) is 6.55. The van der Waals surface area contributed by atoms with E-state index in [4.69, 9.17) is 16.3 Å². The van der Waals surface area contributed by atoms with E-state index in [1.165, 1.54) is 22.2 Å². The van der Waals surface area contributed by atoms with E-state index in [0.29, 0.717) is 12.6 Å². The molecule has 0 spiro atoms. The van der Waals surface area contributed by atoms with Crippen molar-refractivity contribution < 1.29 is 9.53 Å². The molecule has 2 aliphatic heterocycles. The number of ether oxygens (including phenoxy) is 1. The van der Waals surface area contributed by atoms with E-state index in [1.54, 1.807) is 4.90 Å². The zero-order chi connectivity index (χ0) is 22.1. The lowest BCUT2D eigenvalue weighted by atomic mass is 9.94. The summed E-state index contributed by atoms with van der Waals surface area (Å²) in [6.45, 7) is 4.66. The van der Waals surface area contributed by atoms with E-state index < -0.39 is 0 Å². The van der Waals surface area contributed by atoms with Gasteiger partial charge in [0.1, 0.15) is 0 Å². The van der Waals surface area contributed by atoms with Crippen molar-refractivity contribution in [3.05, 3.63) is 64.3 Å². The van der Waals surface area contributed by atoms with Crippen LogP contribution in [0.25, 0.3) is 10.9 Å². The number of anilines is 1. The van der Waals surface area contributed by atoms with Crippen molar-refractivity contribution in [3.8, 4) is 0 Å². The van der Waals surface area contributed by atoms with Gasteiger partial charge in [-0.3, -0.25) is 0 Å². The highest BCUT2D eigenvalue weighted by Crippen LogP contribution is 2.35. The number of nitrogens with one attached hydrogen (secondary N) is 3. The molecule has 6 nitrogen and oxygen atoms in total. The van der Waals surface area contributed by atoms with Crippen molar-refractivity contribution in [1.29, 1.82) is 0 Å². The fourth-order valence-electron chi connectivity index (χ4n) is 4.91. The molecule has 0 bridgehead atoms. The summed E-state index contributed by atoms with van der Waals surface area (Å²) >= 11 is 6.24. The van der Waals surface area contributed by atoms with Crippen LogP contribution in [-0.2, 0) is 11.2 Å². The Kier molecular flexibility index (Phi) is 5.98. The summed E-state index contributed by atoms with van der Waals surface area (Å²) in [5.74, 6) is 0. The number of carbonyl (C=O) groups excluding carboxylic acids is 1. The van der Waals surface area contributed by atoms with Gasteiger partial charge >= 0.3 is 6.09 Å². The number of rotatable bonds is 4. The predicted octanol–water partition coefficient (Wildman–Crippen LogP) is 5.09. The summed E-state index contributed by atoms with van der Waals surface area (Å²) in [4.78, 5) is 17.3. The molecule has 2 aliphatic rings. The maximum atomic E-state index is 11.9. The molecule has 1 fully saturated rings. The van der Waals surface area contributed by atoms with Crippen molar-refractivity contribution >= 4 is 34.3 Å². The second-order valence-electron chi connectivity index (χ2n) is 8.57. The molecule has 1 atom stereocenters. The molecule has 1 unspecified atom stereocenters. The molecule has 32 heavy (non-hydrogen) atoms. The van der Waals surface area contributed by atoms with E-state index in [1.807, 2.05) is 13.0 Å². The molecule has 3 N–H and O–H groups in total.